The van der Waals surface area contributed by atoms with Gasteiger partial charge in [0.15, 0.2) is 0 Å². The van der Waals surface area contributed by atoms with Crippen LogP contribution in [0.2, 0.25) is 0 Å². The Morgan fingerprint density at radius 1 is 1.44 bits per heavy atom. The van der Waals surface area contributed by atoms with Crippen LogP contribution in [-0.2, 0) is 6.42 Å². The third kappa shape index (κ3) is 4.02. The van der Waals surface area contributed by atoms with Crippen LogP contribution in [0.4, 0.5) is 0 Å². The number of hydrogen-bond donors (Lipinski definition) is 2. The van der Waals surface area contributed by atoms with Gasteiger partial charge in [-0.15, -0.1) is 11.3 Å². The topological polar surface area (TPSA) is 40.2 Å². The second-order valence-corrected chi connectivity index (χ2v) is 6.17. The number of thiazole rings is 1. The van der Waals surface area contributed by atoms with E-state index in [0.29, 0.717) is 0 Å². The molecule has 5 heteroatoms. The number of rotatable bonds is 6. The highest BCUT2D eigenvalue weighted by molar-refractivity contribution is 7.07. The lowest BCUT2D eigenvalue weighted by atomic mass is 10.0. The molecular weight excluding hydrogens is 244 g/mol. The summed E-state index contributed by atoms with van der Waals surface area (Å²) < 4.78 is 0. The SMILES string of the molecule is CC(C)(CNCCc1cscn1)N1CCNCC1. The molecule has 1 aliphatic rings. The van der Waals surface area contributed by atoms with Gasteiger partial charge >= 0.3 is 0 Å². The molecule has 0 aliphatic carbocycles. The van der Waals surface area contributed by atoms with E-state index >= 15 is 0 Å². The molecule has 2 N–H and O–H groups in total. The number of hydrogen-bond acceptors (Lipinski definition) is 5. The lowest BCUT2D eigenvalue weighted by Crippen LogP contribution is -2.57. The highest BCUT2D eigenvalue weighted by Crippen LogP contribution is 2.13. The molecule has 0 atom stereocenters. The Balaban J connectivity index is 1.67. The molecule has 0 aromatic carbocycles. The molecule has 0 saturated carbocycles. The lowest BCUT2D eigenvalue weighted by molar-refractivity contribution is 0.102. The molecule has 0 radical (unpaired) electrons. The van der Waals surface area contributed by atoms with Crippen LogP contribution in [0.5, 0.6) is 0 Å². The van der Waals surface area contributed by atoms with Crippen molar-refractivity contribution in [3.8, 4) is 0 Å². The van der Waals surface area contributed by atoms with Crippen molar-refractivity contribution in [2.24, 2.45) is 0 Å². The zero-order valence-electron chi connectivity index (χ0n) is 11.4. The van der Waals surface area contributed by atoms with Crippen LogP contribution < -0.4 is 10.6 Å². The Hall–Kier alpha value is -0.490. The number of aromatic nitrogens is 1. The van der Waals surface area contributed by atoms with Gasteiger partial charge in [-0.1, -0.05) is 0 Å². The molecule has 1 aromatic rings. The van der Waals surface area contributed by atoms with Gasteiger partial charge in [-0.2, -0.15) is 0 Å². The minimum absolute atomic E-state index is 0.240. The summed E-state index contributed by atoms with van der Waals surface area (Å²) in [5.41, 5.74) is 3.34. The van der Waals surface area contributed by atoms with Gasteiger partial charge in [-0.25, -0.2) is 4.98 Å². The fourth-order valence-electron chi connectivity index (χ4n) is 2.35. The Morgan fingerprint density at radius 2 is 2.22 bits per heavy atom. The highest BCUT2D eigenvalue weighted by atomic mass is 32.1. The van der Waals surface area contributed by atoms with Crippen molar-refractivity contribution in [2.45, 2.75) is 25.8 Å². The molecule has 0 unspecified atom stereocenters. The van der Waals surface area contributed by atoms with Gasteiger partial charge in [0, 0.05) is 56.6 Å². The normalized spacial score (nSPS) is 18.1. The maximum Gasteiger partial charge on any atom is 0.0794 e. The minimum atomic E-state index is 0.240. The van der Waals surface area contributed by atoms with Crippen molar-refractivity contribution >= 4 is 11.3 Å². The molecule has 1 saturated heterocycles. The van der Waals surface area contributed by atoms with E-state index in [4.69, 9.17) is 0 Å². The number of nitrogens with one attached hydrogen (secondary N) is 2. The largest absolute Gasteiger partial charge is 0.315 e. The molecule has 2 heterocycles. The summed E-state index contributed by atoms with van der Waals surface area (Å²) in [5.74, 6) is 0. The van der Waals surface area contributed by atoms with Crippen LogP contribution in [0.1, 0.15) is 19.5 Å². The maximum atomic E-state index is 4.30. The summed E-state index contributed by atoms with van der Waals surface area (Å²) in [6.07, 6.45) is 1.03. The van der Waals surface area contributed by atoms with Crippen LogP contribution >= 0.6 is 11.3 Å². The predicted molar refractivity (Wildman–Crippen MR) is 77.2 cm³/mol. The molecule has 0 amide bonds. The predicted octanol–water partition coefficient (Wildman–Crippen LogP) is 0.959. The monoisotopic (exact) mass is 268 g/mol. The molecular formula is C13H24N4S. The van der Waals surface area contributed by atoms with Crippen molar-refractivity contribution in [2.75, 3.05) is 39.3 Å². The molecule has 4 nitrogen and oxygen atoms in total. The van der Waals surface area contributed by atoms with Crippen molar-refractivity contribution in [3.63, 3.8) is 0 Å². The van der Waals surface area contributed by atoms with Gasteiger partial charge in [-0.05, 0) is 13.8 Å². The fourth-order valence-corrected chi connectivity index (χ4v) is 2.95. The average molecular weight is 268 g/mol. The standard InChI is InChI=1S/C13H24N4S/c1-13(2,17-7-5-14-6-8-17)10-15-4-3-12-9-18-11-16-12/h9,11,14-15H,3-8,10H2,1-2H3. The summed E-state index contributed by atoms with van der Waals surface area (Å²) in [5, 5.41) is 9.10. The van der Waals surface area contributed by atoms with Gasteiger partial charge < -0.3 is 10.6 Å². The first-order valence-electron chi connectivity index (χ1n) is 6.72. The average Bonchev–Trinajstić information content (AvgIpc) is 2.89. The zero-order chi connectivity index (χ0) is 12.8. The second-order valence-electron chi connectivity index (χ2n) is 5.46. The zero-order valence-corrected chi connectivity index (χ0v) is 12.2. The van der Waals surface area contributed by atoms with E-state index in [1.807, 2.05) is 5.51 Å². The van der Waals surface area contributed by atoms with Crippen LogP contribution in [0.25, 0.3) is 0 Å². The van der Waals surface area contributed by atoms with Gasteiger partial charge in [-0.3, -0.25) is 4.90 Å². The van der Waals surface area contributed by atoms with Gasteiger partial charge in [0.1, 0.15) is 0 Å². The van der Waals surface area contributed by atoms with E-state index < -0.39 is 0 Å². The number of piperazine rings is 1. The van der Waals surface area contributed by atoms with Crippen LogP contribution in [0.3, 0.4) is 0 Å². The Kier molecular flexibility index (Phi) is 5.12. The fraction of sp³-hybridized carbons (Fsp3) is 0.769. The first-order valence-corrected chi connectivity index (χ1v) is 7.66. The summed E-state index contributed by atoms with van der Waals surface area (Å²) in [6.45, 7) is 11.2. The molecule has 0 spiro atoms. The third-order valence-electron chi connectivity index (χ3n) is 3.57. The molecule has 1 aromatic heterocycles. The van der Waals surface area contributed by atoms with Crippen molar-refractivity contribution in [3.05, 3.63) is 16.6 Å². The Bertz CT molecular complexity index is 331. The quantitative estimate of drug-likeness (QED) is 0.754. The van der Waals surface area contributed by atoms with E-state index in [9.17, 15) is 0 Å². The molecule has 18 heavy (non-hydrogen) atoms. The molecule has 2 rings (SSSR count). The minimum Gasteiger partial charge on any atom is -0.315 e. The Labute approximate surface area is 114 Å². The van der Waals surface area contributed by atoms with Gasteiger partial charge in [0.2, 0.25) is 0 Å². The summed E-state index contributed by atoms with van der Waals surface area (Å²) >= 11 is 1.67. The van der Waals surface area contributed by atoms with Crippen molar-refractivity contribution < 1.29 is 0 Å². The van der Waals surface area contributed by atoms with Crippen LogP contribution in [0, 0.1) is 0 Å². The molecule has 1 aliphatic heterocycles. The Morgan fingerprint density at radius 3 is 2.89 bits per heavy atom. The molecule has 0 bridgehead atoms. The van der Waals surface area contributed by atoms with E-state index in [-0.39, 0.29) is 5.54 Å². The van der Waals surface area contributed by atoms with Crippen LogP contribution in [-0.4, -0.2) is 54.7 Å². The first kappa shape index (κ1) is 13.9. The summed E-state index contributed by atoms with van der Waals surface area (Å²) in [7, 11) is 0. The van der Waals surface area contributed by atoms with Gasteiger partial charge in [0.25, 0.3) is 0 Å². The molecule has 1 fully saturated rings. The summed E-state index contributed by atoms with van der Waals surface area (Å²) in [6, 6.07) is 0. The van der Waals surface area contributed by atoms with Crippen molar-refractivity contribution in [1.82, 2.24) is 20.5 Å². The van der Waals surface area contributed by atoms with E-state index in [2.05, 4.69) is 39.7 Å². The third-order valence-corrected chi connectivity index (χ3v) is 4.21. The van der Waals surface area contributed by atoms with E-state index in [1.54, 1.807) is 11.3 Å². The van der Waals surface area contributed by atoms with Gasteiger partial charge in [0.05, 0.1) is 11.2 Å². The van der Waals surface area contributed by atoms with E-state index in [0.717, 1.165) is 45.7 Å². The first-order chi connectivity index (χ1) is 8.68. The van der Waals surface area contributed by atoms with E-state index in [1.165, 1.54) is 5.69 Å². The smallest absolute Gasteiger partial charge is 0.0794 e. The van der Waals surface area contributed by atoms with Crippen LogP contribution in [0.15, 0.2) is 10.9 Å². The second kappa shape index (κ2) is 6.61. The summed E-state index contributed by atoms with van der Waals surface area (Å²) in [4.78, 5) is 6.87. The number of nitrogens with zero attached hydrogens (tertiary/aromatic N) is 2. The lowest BCUT2D eigenvalue weighted by Gasteiger charge is -2.41. The maximum absolute atomic E-state index is 4.30. The highest BCUT2D eigenvalue weighted by Gasteiger charge is 2.27. The van der Waals surface area contributed by atoms with Crippen molar-refractivity contribution in [1.29, 1.82) is 0 Å². The molecule has 102 valence electrons.